The van der Waals surface area contributed by atoms with Gasteiger partial charge in [-0.05, 0) is 41.8 Å². The Morgan fingerprint density at radius 1 is 1.20 bits per heavy atom. The molecule has 0 bridgehead atoms. The minimum Gasteiger partial charge on any atom is -0.370 e. The van der Waals surface area contributed by atoms with Gasteiger partial charge in [0.15, 0.2) is 17.0 Å². The molecule has 1 aromatic carbocycles. The molecule has 0 unspecified atom stereocenters. The molecule has 214 valence electrons. The van der Waals surface area contributed by atoms with Crippen LogP contribution in [-0.4, -0.2) is 53.3 Å². The SMILES string of the molecule is CC[C@H]1O[C@@H](n2cnc3c(NC(=O)CCCSSc4ccccn4)ncnc32)C[C@H]1OCc1ccccc1[N+](=O)[O-]. The maximum atomic E-state index is 12.6. The summed E-state index contributed by atoms with van der Waals surface area (Å²) in [7, 11) is 3.25. The summed E-state index contributed by atoms with van der Waals surface area (Å²) in [6.45, 7) is 2.11. The van der Waals surface area contributed by atoms with E-state index >= 15 is 0 Å². The van der Waals surface area contributed by atoms with Gasteiger partial charge in [-0.3, -0.25) is 19.5 Å². The van der Waals surface area contributed by atoms with Gasteiger partial charge >= 0.3 is 0 Å². The number of ether oxygens (including phenoxy) is 2. The predicted molar refractivity (Wildman–Crippen MR) is 156 cm³/mol. The van der Waals surface area contributed by atoms with Crippen LogP contribution in [0.4, 0.5) is 11.5 Å². The van der Waals surface area contributed by atoms with Crippen LogP contribution < -0.4 is 5.32 Å². The molecular weight excluding hydrogens is 566 g/mol. The molecular formula is C27H29N7O5S2. The second kappa shape index (κ2) is 13.9. The lowest BCUT2D eigenvalue weighted by molar-refractivity contribution is -0.386. The van der Waals surface area contributed by atoms with Crippen molar-refractivity contribution in [3.63, 3.8) is 0 Å². The first kappa shape index (κ1) is 28.9. The Morgan fingerprint density at radius 3 is 2.85 bits per heavy atom. The van der Waals surface area contributed by atoms with Crippen LogP contribution in [0.15, 0.2) is 66.3 Å². The summed E-state index contributed by atoms with van der Waals surface area (Å²) in [5, 5.41) is 15.2. The lowest BCUT2D eigenvalue weighted by Gasteiger charge is -2.17. The standard InChI is InChI=1S/C27H29N7O5S2/c1-2-20-21(38-15-18-8-3-4-9-19(18)34(36)37)14-24(39-20)33-17-31-25-26(29-16-30-27(25)33)32-22(35)10-7-13-40-41-23-11-5-6-12-28-23/h3-6,8-9,11-12,16-17,20-21,24H,2,7,10,13-15H2,1H3,(H,29,30,32,35)/t20-,21-,24-/m1/s1. The highest BCUT2D eigenvalue weighted by Crippen LogP contribution is 2.35. The average Bonchev–Trinajstić information content (AvgIpc) is 3.61. The monoisotopic (exact) mass is 595 g/mol. The largest absolute Gasteiger partial charge is 0.370 e. The molecule has 1 aliphatic rings. The number of aromatic nitrogens is 5. The van der Waals surface area contributed by atoms with Crippen molar-refractivity contribution in [1.29, 1.82) is 0 Å². The lowest BCUT2D eigenvalue weighted by Crippen LogP contribution is -2.23. The van der Waals surface area contributed by atoms with Crippen LogP contribution in [0.1, 0.15) is 44.4 Å². The van der Waals surface area contributed by atoms with Gasteiger partial charge in [0, 0.05) is 30.9 Å². The van der Waals surface area contributed by atoms with Gasteiger partial charge in [-0.2, -0.15) is 0 Å². The second-order valence-corrected chi connectivity index (χ2v) is 11.7. The zero-order valence-corrected chi connectivity index (χ0v) is 23.9. The van der Waals surface area contributed by atoms with Crippen LogP contribution in [-0.2, 0) is 20.9 Å². The van der Waals surface area contributed by atoms with Crippen LogP contribution in [0.3, 0.4) is 0 Å². The number of nitrogens with zero attached hydrogens (tertiary/aromatic N) is 6. The third kappa shape index (κ3) is 7.19. The molecule has 1 aliphatic heterocycles. The fourth-order valence-corrected chi connectivity index (χ4v) is 6.52. The first-order valence-electron chi connectivity index (χ1n) is 13.2. The lowest BCUT2D eigenvalue weighted by atomic mass is 10.1. The molecule has 0 spiro atoms. The van der Waals surface area contributed by atoms with Crippen molar-refractivity contribution in [2.24, 2.45) is 0 Å². The van der Waals surface area contributed by atoms with E-state index < -0.39 is 11.2 Å². The summed E-state index contributed by atoms with van der Waals surface area (Å²) in [5.41, 5.74) is 1.56. The molecule has 1 amide bonds. The molecule has 1 N–H and O–H groups in total. The van der Waals surface area contributed by atoms with E-state index in [4.69, 9.17) is 9.47 Å². The van der Waals surface area contributed by atoms with Crippen molar-refractivity contribution in [3.8, 4) is 0 Å². The van der Waals surface area contributed by atoms with Crippen molar-refractivity contribution in [1.82, 2.24) is 24.5 Å². The summed E-state index contributed by atoms with van der Waals surface area (Å²) < 4.78 is 14.2. The molecule has 5 rings (SSSR count). The molecule has 3 aromatic heterocycles. The Labute approximate surface area is 244 Å². The van der Waals surface area contributed by atoms with Crippen molar-refractivity contribution >= 4 is 50.2 Å². The Balaban J connectivity index is 1.18. The number of hydrogen-bond donors (Lipinski definition) is 1. The van der Waals surface area contributed by atoms with Crippen molar-refractivity contribution < 1.29 is 19.2 Å². The van der Waals surface area contributed by atoms with E-state index in [-0.39, 0.29) is 30.4 Å². The first-order chi connectivity index (χ1) is 20.0. The molecule has 1 saturated heterocycles. The number of carbonyl (C=O) groups excluding carboxylic acids is 1. The molecule has 4 aromatic rings. The maximum absolute atomic E-state index is 12.6. The number of hydrogen-bond acceptors (Lipinski definition) is 11. The van der Waals surface area contributed by atoms with Gasteiger partial charge in [-0.1, -0.05) is 35.9 Å². The third-order valence-corrected chi connectivity index (χ3v) is 8.92. The Kier molecular flexibility index (Phi) is 9.77. The number of rotatable bonds is 13. The van der Waals surface area contributed by atoms with Crippen LogP contribution in [0.2, 0.25) is 0 Å². The molecule has 4 heterocycles. The van der Waals surface area contributed by atoms with Crippen LogP contribution >= 0.6 is 21.6 Å². The van der Waals surface area contributed by atoms with E-state index in [1.54, 1.807) is 52.3 Å². The highest BCUT2D eigenvalue weighted by atomic mass is 33.1. The van der Waals surface area contributed by atoms with Gasteiger partial charge in [0.05, 0.1) is 35.6 Å². The van der Waals surface area contributed by atoms with Crippen molar-refractivity contribution in [2.75, 3.05) is 11.1 Å². The molecule has 12 nitrogen and oxygen atoms in total. The van der Waals surface area contributed by atoms with Gasteiger partial charge in [-0.25, -0.2) is 19.9 Å². The zero-order valence-electron chi connectivity index (χ0n) is 22.3. The van der Waals surface area contributed by atoms with E-state index in [0.717, 1.165) is 10.8 Å². The van der Waals surface area contributed by atoms with Crippen LogP contribution in [0.5, 0.6) is 0 Å². The number of carbonyl (C=O) groups is 1. The molecule has 14 heteroatoms. The zero-order chi connectivity index (χ0) is 28.6. The van der Waals surface area contributed by atoms with Crippen molar-refractivity contribution in [3.05, 3.63) is 77.0 Å². The maximum Gasteiger partial charge on any atom is 0.274 e. The molecule has 1 fully saturated rings. The highest BCUT2D eigenvalue weighted by molar-refractivity contribution is 8.76. The summed E-state index contributed by atoms with van der Waals surface area (Å²) >= 11 is 0. The number of anilines is 1. The van der Waals surface area contributed by atoms with Gasteiger partial charge in [0.1, 0.15) is 17.6 Å². The topological polar surface area (TPSA) is 147 Å². The fourth-order valence-electron chi connectivity index (χ4n) is 4.56. The number of fused-ring (bicyclic) bond motifs is 1. The molecule has 0 radical (unpaired) electrons. The normalized spacial score (nSPS) is 18.5. The van der Waals surface area contributed by atoms with Gasteiger partial charge < -0.3 is 14.8 Å². The van der Waals surface area contributed by atoms with Gasteiger partial charge in [0.25, 0.3) is 5.69 Å². The van der Waals surface area contributed by atoms with Gasteiger partial charge in [-0.15, -0.1) is 0 Å². The fraction of sp³-hybridized carbons (Fsp3) is 0.370. The number of nitro benzene ring substituents is 1. The minimum atomic E-state index is -0.403. The van der Waals surface area contributed by atoms with Crippen molar-refractivity contribution in [2.45, 2.75) is 62.7 Å². The summed E-state index contributed by atoms with van der Waals surface area (Å²) in [6, 6.07) is 12.3. The van der Waals surface area contributed by atoms with Gasteiger partial charge in [0.2, 0.25) is 5.91 Å². The number of para-hydroxylation sites is 1. The van der Waals surface area contributed by atoms with E-state index in [1.807, 2.05) is 29.7 Å². The summed E-state index contributed by atoms with van der Waals surface area (Å²) in [5.74, 6) is 1.01. The number of amides is 1. The smallest absolute Gasteiger partial charge is 0.274 e. The summed E-state index contributed by atoms with van der Waals surface area (Å²) in [4.78, 5) is 41.0. The summed E-state index contributed by atoms with van der Waals surface area (Å²) in [6.07, 6.45) is 6.21. The molecule has 3 atom stereocenters. The number of benzene rings is 1. The Morgan fingerprint density at radius 2 is 2.05 bits per heavy atom. The van der Waals surface area contributed by atoms with Crippen LogP contribution in [0.25, 0.3) is 11.2 Å². The van der Waals surface area contributed by atoms with Crippen LogP contribution in [0, 0.1) is 10.1 Å². The Hall–Kier alpha value is -3.59. The number of imidazole rings is 1. The van der Waals surface area contributed by atoms with E-state index in [1.165, 1.54) is 12.4 Å². The third-order valence-electron chi connectivity index (χ3n) is 6.56. The van der Waals surface area contributed by atoms with E-state index in [0.29, 0.717) is 48.2 Å². The highest BCUT2D eigenvalue weighted by Gasteiger charge is 2.37. The predicted octanol–water partition coefficient (Wildman–Crippen LogP) is 5.57. The average molecular weight is 596 g/mol. The first-order valence-corrected chi connectivity index (χ1v) is 15.5. The second-order valence-electron chi connectivity index (χ2n) is 9.28. The molecule has 0 aliphatic carbocycles. The van der Waals surface area contributed by atoms with E-state index in [9.17, 15) is 14.9 Å². The quantitative estimate of drug-likeness (QED) is 0.0895. The van der Waals surface area contributed by atoms with E-state index in [2.05, 4.69) is 25.3 Å². The number of nitrogens with one attached hydrogen (secondary N) is 1. The number of nitro groups is 1. The number of pyridine rings is 1. The minimum absolute atomic E-state index is 0.0324. The molecule has 0 saturated carbocycles. The Bertz CT molecular complexity index is 1490. The molecule has 41 heavy (non-hydrogen) atoms.